The molecule has 4 rings (SSSR count). The second-order valence-electron chi connectivity index (χ2n) is 7.22. The molecule has 0 unspecified atom stereocenters. The molecule has 0 fully saturated rings. The predicted molar refractivity (Wildman–Crippen MR) is 123 cm³/mol. The number of halogens is 1. The fraction of sp³-hybridized carbons (Fsp3) is 0.192. The van der Waals surface area contributed by atoms with Crippen LogP contribution in [0.5, 0.6) is 0 Å². The minimum absolute atomic E-state index is 0.0717. The summed E-state index contributed by atoms with van der Waals surface area (Å²) in [5.41, 5.74) is 6.98. The summed E-state index contributed by atoms with van der Waals surface area (Å²) in [4.78, 5) is 12.2. The Morgan fingerprint density at radius 2 is 1.67 bits per heavy atom. The van der Waals surface area contributed by atoms with Gasteiger partial charge in [0.25, 0.3) is 0 Å². The van der Waals surface area contributed by atoms with Crippen molar-refractivity contribution in [2.24, 2.45) is 0 Å². The maximum absolute atomic E-state index is 12.2. The van der Waals surface area contributed by atoms with Crippen molar-refractivity contribution in [1.29, 1.82) is 0 Å². The minimum Gasteiger partial charge on any atom is -0.449 e. The molecule has 30 heavy (non-hydrogen) atoms. The number of amides is 1. The van der Waals surface area contributed by atoms with E-state index in [4.69, 9.17) is 4.74 Å². The Bertz CT molecular complexity index is 1100. The highest BCUT2D eigenvalue weighted by atomic mass is 79.9. The number of ether oxygens (including phenoxy) is 1. The van der Waals surface area contributed by atoms with Gasteiger partial charge in [-0.15, -0.1) is 0 Å². The first kappa shape index (κ1) is 20.3. The van der Waals surface area contributed by atoms with Gasteiger partial charge in [-0.2, -0.15) is 0 Å². The molecule has 0 aliphatic heterocycles. The van der Waals surface area contributed by atoms with Crippen molar-refractivity contribution < 1.29 is 9.53 Å². The molecule has 4 heteroatoms. The van der Waals surface area contributed by atoms with Crippen molar-refractivity contribution in [3.8, 4) is 23.0 Å². The summed E-state index contributed by atoms with van der Waals surface area (Å²) in [6.45, 7) is 2.81. The first-order valence-electron chi connectivity index (χ1n) is 9.98. The van der Waals surface area contributed by atoms with E-state index in [1.807, 2.05) is 49.4 Å². The summed E-state index contributed by atoms with van der Waals surface area (Å²) in [5.74, 6) is 6.33. The van der Waals surface area contributed by atoms with Gasteiger partial charge in [0.2, 0.25) is 0 Å². The van der Waals surface area contributed by atoms with Gasteiger partial charge in [0.15, 0.2) is 0 Å². The van der Waals surface area contributed by atoms with Crippen LogP contribution in [0.3, 0.4) is 0 Å². The molecule has 0 saturated heterocycles. The van der Waals surface area contributed by atoms with E-state index in [-0.39, 0.29) is 5.92 Å². The average Bonchev–Trinajstić information content (AvgIpc) is 3.09. The highest BCUT2D eigenvalue weighted by Gasteiger charge is 2.28. The zero-order chi connectivity index (χ0) is 20.9. The Balaban J connectivity index is 1.30. The number of benzene rings is 3. The van der Waals surface area contributed by atoms with Crippen LogP contribution in [0.15, 0.2) is 71.2 Å². The van der Waals surface area contributed by atoms with E-state index in [0.717, 1.165) is 15.6 Å². The van der Waals surface area contributed by atoms with Crippen molar-refractivity contribution in [2.45, 2.75) is 19.3 Å². The van der Waals surface area contributed by atoms with Crippen LogP contribution in [0.25, 0.3) is 11.1 Å². The van der Waals surface area contributed by atoms with Gasteiger partial charge in [0, 0.05) is 28.9 Å². The Morgan fingerprint density at radius 1 is 1.00 bits per heavy atom. The molecule has 1 aliphatic carbocycles. The molecule has 0 heterocycles. The predicted octanol–water partition coefficient (Wildman–Crippen LogP) is 6.04. The van der Waals surface area contributed by atoms with E-state index in [0.29, 0.717) is 19.6 Å². The standard InChI is InChI=1S/C26H22BrNO2/c1-18-19(10-8-15-25(18)27)9-6-7-16-28-26(29)30-17-24-22-13-4-2-11-20(22)21-12-3-5-14-23(21)24/h2-5,8,10-15,24H,7,16-17H2,1H3,(H,28,29). The lowest BCUT2D eigenvalue weighted by atomic mass is 9.98. The maximum atomic E-state index is 12.2. The van der Waals surface area contributed by atoms with Crippen LogP contribution < -0.4 is 5.32 Å². The lowest BCUT2D eigenvalue weighted by Crippen LogP contribution is -2.26. The first-order chi connectivity index (χ1) is 14.6. The van der Waals surface area contributed by atoms with Crippen LogP contribution in [0, 0.1) is 18.8 Å². The van der Waals surface area contributed by atoms with Gasteiger partial charge < -0.3 is 10.1 Å². The SMILES string of the molecule is Cc1c(Br)cccc1C#CCCNC(=O)OCC1c2ccccc2-c2ccccc21. The first-order valence-corrected chi connectivity index (χ1v) is 10.8. The Labute approximate surface area is 185 Å². The Morgan fingerprint density at radius 3 is 2.37 bits per heavy atom. The highest BCUT2D eigenvalue weighted by Crippen LogP contribution is 2.44. The van der Waals surface area contributed by atoms with E-state index < -0.39 is 6.09 Å². The van der Waals surface area contributed by atoms with Crippen molar-refractivity contribution in [3.05, 3.63) is 93.5 Å². The zero-order valence-electron chi connectivity index (χ0n) is 16.7. The largest absolute Gasteiger partial charge is 0.449 e. The number of carbonyl (C=O) groups excluding carboxylic acids is 1. The van der Waals surface area contributed by atoms with E-state index in [2.05, 4.69) is 57.4 Å². The van der Waals surface area contributed by atoms with Gasteiger partial charge in [0.05, 0.1) is 0 Å². The second-order valence-corrected chi connectivity index (χ2v) is 8.07. The third-order valence-electron chi connectivity index (χ3n) is 5.35. The summed E-state index contributed by atoms with van der Waals surface area (Å²) in [6.07, 6.45) is 0.160. The number of alkyl carbamates (subject to hydrolysis) is 1. The molecule has 0 saturated carbocycles. The molecule has 1 amide bonds. The van der Waals surface area contributed by atoms with E-state index in [9.17, 15) is 4.79 Å². The summed E-state index contributed by atoms with van der Waals surface area (Å²) in [7, 11) is 0. The normalized spacial score (nSPS) is 11.8. The topological polar surface area (TPSA) is 38.3 Å². The summed E-state index contributed by atoms with van der Waals surface area (Å²) < 4.78 is 6.58. The molecular weight excluding hydrogens is 438 g/mol. The van der Waals surface area contributed by atoms with Crippen LogP contribution in [-0.2, 0) is 4.74 Å². The molecule has 0 aromatic heterocycles. The molecule has 3 aromatic rings. The number of fused-ring (bicyclic) bond motifs is 3. The molecule has 0 bridgehead atoms. The Kier molecular flexibility index (Phi) is 6.21. The molecule has 0 radical (unpaired) electrons. The van der Waals surface area contributed by atoms with E-state index in [1.165, 1.54) is 22.3 Å². The maximum Gasteiger partial charge on any atom is 0.407 e. The van der Waals surface area contributed by atoms with Crippen molar-refractivity contribution >= 4 is 22.0 Å². The van der Waals surface area contributed by atoms with Crippen molar-refractivity contribution in [1.82, 2.24) is 5.32 Å². The molecule has 3 nitrogen and oxygen atoms in total. The highest BCUT2D eigenvalue weighted by molar-refractivity contribution is 9.10. The minimum atomic E-state index is -0.405. The number of hydrogen-bond acceptors (Lipinski definition) is 2. The smallest absolute Gasteiger partial charge is 0.407 e. The van der Waals surface area contributed by atoms with Gasteiger partial charge in [0.1, 0.15) is 6.61 Å². The number of carbonyl (C=O) groups is 1. The van der Waals surface area contributed by atoms with Crippen LogP contribution in [-0.4, -0.2) is 19.2 Å². The third kappa shape index (κ3) is 4.27. The third-order valence-corrected chi connectivity index (χ3v) is 6.21. The molecule has 0 atom stereocenters. The molecule has 1 N–H and O–H groups in total. The van der Waals surface area contributed by atoms with Crippen molar-refractivity contribution in [3.63, 3.8) is 0 Å². The van der Waals surface area contributed by atoms with Crippen LogP contribution in [0.1, 0.15) is 34.6 Å². The summed E-state index contributed by atoms with van der Waals surface area (Å²) >= 11 is 3.51. The van der Waals surface area contributed by atoms with Gasteiger partial charge in [-0.1, -0.05) is 82.4 Å². The quantitative estimate of drug-likeness (QED) is 0.381. The van der Waals surface area contributed by atoms with Gasteiger partial charge in [-0.05, 0) is 46.9 Å². The van der Waals surface area contributed by atoms with Crippen LogP contribution in [0.4, 0.5) is 4.79 Å². The van der Waals surface area contributed by atoms with Crippen LogP contribution >= 0.6 is 15.9 Å². The second kappa shape index (κ2) is 9.19. The monoisotopic (exact) mass is 459 g/mol. The zero-order valence-corrected chi connectivity index (χ0v) is 18.3. The molecular formula is C26H22BrNO2. The molecule has 150 valence electrons. The van der Waals surface area contributed by atoms with Crippen LogP contribution in [0.2, 0.25) is 0 Å². The molecule has 3 aromatic carbocycles. The lowest BCUT2D eigenvalue weighted by molar-refractivity contribution is 0.143. The summed E-state index contributed by atoms with van der Waals surface area (Å²) in [5, 5.41) is 2.79. The number of nitrogens with one attached hydrogen (secondary N) is 1. The number of hydrogen-bond donors (Lipinski definition) is 1. The summed E-state index contributed by atoms with van der Waals surface area (Å²) in [6, 6.07) is 22.6. The van der Waals surface area contributed by atoms with Gasteiger partial charge in [-0.3, -0.25) is 0 Å². The lowest BCUT2D eigenvalue weighted by Gasteiger charge is -2.14. The fourth-order valence-corrected chi connectivity index (χ4v) is 4.14. The average molecular weight is 460 g/mol. The molecule has 0 spiro atoms. The number of rotatable bonds is 4. The molecule has 1 aliphatic rings. The van der Waals surface area contributed by atoms with Gasteiger partial charge in [-0.25, -0.2) is 4.79 Å². The van der Waals surface area contributed by atoms with Gasteiger partial charge >= 0.3 is 6.09 Å². The Hall–Kier alpha value is -3.03. The van der Waals surface area contributed by atoms with E-state index in [1.54, 1.807) is 0 Å². The fourth-order valence-electron chi connectivity index (χ4n) is 3.78. The van der Waals surface area contributed by atoms with E-state index >= 15 is 0 Å². The van der Waals surface area contributed by atoms with Crippen molar-refractivity contribution in [2.75, 3.05) is 13.2 Å².